The summed E-state index contributed by atoms with van der Waals surface area (Å²) >= 11 is 0. The summed E-state index contributed by atoms with van der Waals surface area (Å²) in [5, 5.41) is 3.40. The van der Waals surface area contributed by atoms with E-state index in [0.29, 0.717) is 17.9 Å². The Morgan fingerprint density at radius 2 is 1.84 bits per heavy atom. The zero-order valence-corrected chi connectivity index (χ0v) is 13.3. The maximum atomic E-state index is 12.5. The third-order valence-electron chi connectivity index (χ3n) is 4.74. The van der Waals surface area contributed by atoms with Crippen molar-refractivity contribution in [2.45, 2.75) is 52.5 Å². The van der Waals surface area contributed by atoms with Crippen LogP contribution < -0.4 is 5.32 Å². The number of nitrogens with one attached hydrogen (secondary N) is 1. The number of halogens is 1. The van der Waals surface area contributed by atoms with Crippen LogP contribution in [0.25, 0.3) is 0 Å². The molecule has 2 rings (SSSR count). The molecule has 1 aliphatic heterocycles. The van der Waals surface area contributed by atoms with Crippen molar-refractivity contribution in [2.75, 3.05) is 19.6 Å². The molecule has 1 heterocycles. The second-order valence-electron chi connectivity index (χ2n) is 6.50. The molecule has 0 aromatic heterocycles. The zero-order chi connectivity index (χ0) is 13.1. The molecular weight excluding hydrogens is 260 g/mol. The Morgan fingerprint density at radius 3 is 2.37 bits per heavy atom. The molecule has 1 saturated heterocycles. The lowest BCUT2D eigenvalue weighted by molar-refractivity contribution is -0.138. The Hall–Kier alpha value is -0.280. The molecule has 3 nitrogen and oxygen atoms in total. The largest absolute Gasteiger partial charge is 0.340 e. The van der Waals surface area contributed by atoms with Gasteiger partial charge in [0, 0.05) is 31.6 Å². The van der Waals surface area contributed by atoms with E-state index in [4.69, 9.17) is 0 Å². The average Bonchev–Trinajstić information content (AvgIpc) is 2.38. The summed E-state index contributed by atoms with van der Waals surface area (Å²) < 4.78 is 0. The van der Waals surface area contributed by atoms with Gasteiger partial charge in [0.25, 0.3) is 0 Å². The number of amides is 1. The molecule has 1 amide bonds. The number of hydrogen-bond acceptors (Lipinski definition) is 2. The third kappa shape index (κ3) is 4.35. The fraction of sp³-hybridized carbons (Fsp3) is 0.933. The monoisotopic (exact) mass is 288 g/mol. The highest BCUT2D eigenvalue weighted by Crippen LogP contribution is 2.34. The Labute approximate surface area is 123 Å². The molecule has 0 aromatic carbocycles. The minimum atomic E-state index is 0. The molecule has 4 heteroatoms. The average molecular weight is 289 g/mol. The summed E-state index contributed by atoms with van der Waals surface area (Å²) in [6, 6.07) is 0.453. The maximum absolute atomic E-state index is 12.5. The number of rotatable bonds is 2. The third-order valence-corrected chi connectivity index (χ3v) is 4.74. The Morgan fingerprint density at radius 1 is 1.21 bits per heavy atom. The second-order valence-corrected chi connectivity index (χ2v) is 6.50. The molecule has 1 saturated carbocycles. The van der Waals surface area contributed by atoms with E-state index in [-0.39, 0.29) is 12.4 Å². The van der Waals surface area contributed by atoms with Gasteiger partial charge in [-0.25, -0.2) is 0 Å². The quantitative estimate of drug-likeness (QED) is 0.847. The molecular formula is C15H29ClN2O. The van der Waals surface area contributed by atoms with Crippen LogP contribution in [-0.2, 0) is 4.79 Å². The standard InChI is InChI=1S/C15H28N2O.ClH/c1-11(2)13-4-6-14(7-5-13)15(18)17-9-8-16-12(3)10-17;/h11-14,16H,4-10H2,1-3H3;1H/t12-,13?,14?;/m1./s1. The van der Waals surface area contributed by atoms with Gasteiger partial charge in [-0.15, -0.1) is 12.4 Å². The SMILES string of the molecule is CC(C)C1CCC(C(=O)N2CCN[C@H](C)C2)CC1.Cl. The smallest absolute Gasteiger partial charge is 0.225 e. The van der Waals surface area contributed by atoms with Gasteiger partial charge < -0.3 is 10.2 Å². The van der Waals surface area contributed by atoms with Crippen molar-refractivity contribution >= 4 is 18.3 Å². The van der Waals surface area contributed by atoms with Crippen molar-refractivity contribution in [1.82, 2.24) is 10.2 Å². The molecule has 1 N–H and O–H groups in total. The summed E-state index contributed by atoms with van der Waals surface area (Å²) in [4.78, 5) is 14.6. The highest BCUT2D eigenvalue weighted by atomic mass is 35.5. The predicted molar refractivity (Wildman–Crippen MR) is 81.6 cm³/mol. The zero-order valence-electron chi connectivity index (χ0n) is 12.5. The minimum Gasteiger partial charge on any atom is -0.340 e. The molecule has 2 aliphatic rings. The van der Waals surface area contributed by atoms with Gasteiger partial charge in [-0.05, 0) is 44.4 Å². The number of hydrogen-bond donors (Lipinski definition) is 1. The summed E-state index contributed by atoms with van der Waals surface area (Å²) in [6.45, 7) is 9.52. The van der Waals surface area contributed by atoms with Gasteiger partial charge in [0.1, 0.15) is 0 Å². The van der Waals surface area contributed by atoms with Crippen LogP contribution in [0.4, 0.5) is 0 Å². The first-order valence-electron chi connectivity index (χ1n) is 7.60. The molecule has 1 aliphatic carbocycles. The number of piperazine rings is 1. The van der Waals surface area contributed by atoms with Crippen molar-refractivity contribution in [1.29, 1.82) is 0 Å². The maximum Gasteiger partial charge on any atom is 0.225 e. The van der Waals surface area contributed by atoms with Crippen LogP contribution in [0.3, 0.4) is 0 Å². The first-order chi connectivity index (χ1) is 8.58. The molecule has 2 fully saturated rings. The normalized spacial score (nSPS) is 32.0. The van der Waals surface area contributed by atoms with E-state index in [1.807, 2.05) is 0 Å². The van der Waals surface area contributed by atoms with Gasteiger partial charge >= 0.3 is 0 Å². The van der Waals surface area contributed by atoms with Crippen LogP contribution in [0.5, 0.6) is 0 Å². The lowest BCUT2D eigenvalue weighted by Crippen LogP contribution is -2.53. The van der Waals surface area contributed by atoms with Crippen LogP contribution in [0.1, 0.15) is 46.5 Å². The van der Waals surface area contributed by atoms with E-state index in [9.17, 15) is 4.79 Å². The van der Waals surface area contributed by atoms with Crippen LogP contribution in [0.2, 0.25) is 0 Å². The lowest BCUT2D eigenvalue weighted by atomic mass is 9.76. The molecule has 0 radical (unpaired) electrons. The van der Waals surface area contributed by atoms with Crippen LogP contribution in [0.15, 0.2) is 0 Å². The predicted octanol–water partition coefficient (Wildman–Crippen LogP) is 2.69. The fourth-order valence-electron chi connectivity index (χ4n) is 3.42. The highest BCUT2D eigenvalue weighted by Gasteiger charge is 2.31. The molecule has 19 heavy (non-hydrogen) atoms. The van der Waals surface area contributed by atoms with E-state index in [1.54, 1.807) is 0 Å². The van der Waals surface area contributed by atoms with E-state index in [1.165, 1.54) is 12.8 Å². The Balaban J connectivity index is 0.00000180. The molecule has 1 atom stereocenters. The Bertz CT molecular complexity index is 288. The fourth-order valence-corrected chi connectivity index (χ4v) is 3.42. The first kappa shape index (κ1) is 16.8. The highest BCUT2D eigenvalue weighted by molar-refractivity contribution is 5.85. The second kappa shape index (κ2) is 7.49. The summed E-state index contributed by atoms with van der Waals surface area (Å²) in [6.07, 6.45) is 4.71. The van der Waals surface area contributed by atoms with Gasteiger partial charge in [-0.1, -0.05) is 13.8 Å². The topological polar surface area (TPSA) is 32.3 Å². The van der Waals surface area contributed by atoms with E-state index < -0.39 is 0 Å². The molecule has 0 bridgehead atoms. The van der Waals surface area contributed by atoms with E-state index in [0.717, 1.165) is 44.3 Å². The Kier molecular flexibility index (Phi) is 6.61. The molecule has 112 valence electrons. The summed E-state index contributed by atoms with van der Waals surface area (Å²) in [7, 11) is 0. The lowest BCUT2D eigenvalue weighted by Gasteiger charge is -2.37. The molecule has 0 spiro atoms. The molecule has 0 aromatic rings. The van der Waals surface area contributed by atoms with Crippen molar-refractivity contribution in [3.05, 3.63) is 0 Å². The van der Waals surface area contributed by atoms with Crippen molar-refractivity contribution in [2.24, 2.45) is 17.8 Å². The van der Waals surface area contributed by atoms with E-state index in [2.05, 4.69) is 31.0 Å². The number of carbonyl (C=O) groups excluding carboxylic acids is 1. The number of carbonyl (C=O) groups is 1. The minimum absolute atomic E-state index is 0. The van der Waals surface area contributed by atoms with Gasteiger partial charge in [0.05, 0.1) is 0 Å². The van der Waals surface area contributed by atoms with Crippen molar-refractivity contribution in [3.8, 4) is 0 Å². The van der Waals surface area contributed by atoms with Gasteiger partial charge in [0.2, 0.25) is 5.91 Å². The summed E-state index contributed by atoms with van der Waals surface area (Å²) in [5.41, 5.74) is 0. The van der Waals surface area contributed by atoms with Crippen molar-refractivity contribution < 1.29 is 4.79 Å². The van der Waals surface area contributed by atoms with Gasteiger partial charge in [-0.3, -0.25) is 4.79 Å². The van der Waals surface area contributed by atoms with E-state index >= 15 is 0 Å². The van der Waals surface area contributed by atoms with Crippen molar-refractivity contribution in [3.63, 3.8) is 0 Å². The summed E-state index contributed by atoms with van der Waals surface area (Å²) in [5.74, 6) is 2.35. The van der Waals surface area contributed by atoms with Crippen LogP contribution in [-0.4, -0.2) is 36.5 Å². The number of nitrogens with zero attached hydrogens (tertiary/aromatic N) is 1. The van der Waals surface area contributed by atoms with Gasteiger partial charge in [0.15, 0.2) is 0 Å². The first-order valence-corrected chi connectivity index (χ1v) is 7.60. The van der Waals surface area contributed by atoms with Crippen LogP contribution >= 0.6 is 12.4 Å². The van der Waals surface area contributed by atoms with Crippen LogP contribution in [0, 0.1) is 17.8 Å². The van der Waals surface area contributed by atoms with Gasteiger partial charge in [-0.2, -0.15) is 0 Å². The molecule has 0 unspecified atom stereocenters.